The molecule has 0 N–H and O–H groups in total. The summed E-state index contributed by atoms with van der Waals surface area (Å²) in [5.41, 5.74) is 1.20. The van der Waals surface area contributed by atoms with E-state index in [-0.39, 0.29) is 0 Å². The van der Waals surface area contributed by atoms with Crippen molar-refractivity contribution in [2.24, 2.45) is 7.05 Å². The van der Waals surface area contributed by atoms with E-state index in [9.17, 15) is 0 Å². The summed E-state index contributed by atoms with van der Waals surface area (Å²) in [6.07, 6.45) is 3.94. The fourth-order valence-corrected chi connectivity index (χ4v) is 1.34. The zero-order valence-corrected chi connectivity index (χ0v) is 8.04. The Morgan fingerprint density at radius 3 is 2.83 bits per heavy atom. The van der Waals surface area contributed by atoms with Gasteiger partial charge in [0.1, 0.15) is 5.82 Å². The van der Waals surface area contributed by atoms with Crippen LogP contribution in [-0.2, 0) is 7.05 Å². The third-order valence-corrected chi connectivity index (χ3v) is 2.13. The second kappa shape index (κ2) is 3.48. The predicted octanol–water partition coefficient (Wildman–Crippen LogP) is 2.12. The molecule has 1 heterocycles. The summed E-state index contributed by atoms with van der Waals surface area (Å²) in [6, 6.07) is 2.08. The molecular weight excluding hydrogens is 148 g/mol. The van der Waals surface area contributed by atoms with Crippen molar-refractivity contribution in [2.45, 2.75) is 6.92 Å². The van der Waals surface area contributed by atoms with E-state index in [4.69, 9.17) is 0 Å². The minimum Gasteiger partial charge on any atom is -0.361 e. The monoisotopic (exact) mass is 164 g/mol. The summed E-state index contributed by atoms with van der Waals surface area (Å²) in [4.78, 5) is 2.21. The SMILES string of the molecule is C=Cc1ccn(C)c1N(C)CC. The van der Waals surface area contributed by atoms with E-state index in [2.05, 4.69) is 49.3 Å². The predicted molar refractivity (Wildman–Crippen MR) is 54.4 cm³/mol. The molecule has 0 aliphatic rings. The van der Waals surface area contributed by atoms with Gasteiger partial charge in [0.2, 0.25) is 0 Å². The highest BCUT2D eigenvalue weighted by molar-refractivity contribution is 5.63. The molecule has 0 aliphatic carbocycles. The topological polar surface area (TPSA) is 8.17 Å². The van der Waals surface area contributed by atoms with Crippen molar-refractivity contribution in [1.82, 2.24) is 4.57 Å². The fraction of sp³-hybridized carbons (Fsp3) is 0.400. The summed E-state index contributed by atoms with van der Waals surface area (Å²) in [7, 11) is 4.14. The highest BCUT2D eigenvalue weighted by Gasteiger charge is 2.06. The first-order chi connectivity index (χ1) is 5.70. The van der Waals surface area contributed by atoms with Gasteiger partial charge in [-0.1, -0.05) is 12.7 Å². The van der Waals surface area contributed by atoms with Gasteiger partial charge < -0.3 is 9.47 Å². The summed E-state index contributed by atoms with van der Waals surface area (Å²) < 4.78 is 2.11. The van der Waals surface area contributed by atoms with Crippen LogP contribution in [0.25, 0.3) is 6.08 Å². The second-order valence-electron chi connectivity index (χ2n) is 2.92. The lowest BCUT2D eigenvalue weighted by Crippen LogP contribution is -2.19. The number of aryl methyl sites for hydroxylation is 1. The van der Waals surface area contributed by atoms with Crippen molar-refractivity contribution >= 4 is 11.9 Å². The van der Waals surface area contributed by atoms with E-state index < -0.39 is 0 Å². The first-order valence-corrected chi connectivity index (χ1v) is 4.19. The third kappa shape index (κ3) is 1.37. The van der Waals surface area contributed by atoms with E-state index in [1.165, 1.54) is 11.4 Å². The zero-order chi connectivity index (χ0) is 9.14. The standard InChI is InChI=1S/C10H16N2/c1-5-9-7-8-12(4)10(9)11(3)6-2/h5,7-8H,1,6H2,2-4H3. The highest BCUT2D eigenvalue weighted by atomic mass is 15.2. The number of nitrogens with zero attached hydrogens (tertiary/aromatic N) is 2. The summed E-state index contributed by atoms with van der Waals surface area (Å²) >= 11 is 0. The molecule has 0 amide bonds. The molecule has 2 heteroatoms. The summed E-state index contributed by atoms with van der Waals surface area (Å²) in [6.45, 7) is 6.93. The average Bonchev–Trinajstić information content (AvgIpc) is 2.45. The number of hydrogen-bond acceptors (Lipinski definition) is 1. The summed E-state index contributed by atoms with van der Waals surface area (Å²) in [5, 5.41) is 0. The Hall–Kier alpha value is -1.18. The van der Waals surface area contributed by atoms with E-state index >= 15 is 0 Å². The van der Waals surface area contributed by atoms with Gasteiger partial charge in [0.25, 0.3) is 0 Å². The van der Waals surface area contributed by atoms with E-state index in [1.54, 1.807) is 0 Å². The van der Waals surface area contributed by atoms with E-state index in [0.29, 0.717) is 0 Å². The lowest BCUT2D eigenvalue weighted by molar-refractivity contribution is 0.844. The Bertz CT molecular complexity index is 273. The van der Waals surface area contributed by atoms with Gasteiger partial charge in [0, 0.05) is 32.4 Å². The van der Waals surface area contributed by atoms with Gasteiger partial charge in [0.15, 0.2) is 0 Å². The zero-order valence-electron chi connectivity index (χ0n) is 8.04. The molecule has 0 bridgehead atoms. The highest BCUT2D eigenvalue weighted by Crippen LogP contribution is 2.20. The van der Waals surface area contributed by atoms with Crippen molar-refractivity contribution in [3.05, 3.63) is 24.4 Å². The maximum atomic E-state index is 3.78. The largest absolute Gasteiger partial charge is 0.361 e. The van der Waals surface area contributed by atoms with Gasteiger partial charge in [-0.15, -0.1) is 0 Å². The Labute approximate surface area is 74.1 Å². The van der Waals surface area contributed by atoms with Crippen LogP contribution in [0.2, 0.25) is 0 Å². The minimum atomic E-state index is 1.01. The van der Waals surface area contributed by atoms with Crippen LogP contribution in [0.3, 0.4) is 0 Å². The van der Waals surface area contributed by atoms with Gasteiger partial charge in [-0.3, -0.25) is 0 Å². The Kier molecular flexibility index (Phi) is 2.58. The maximum Gasteiger partial charge on any atom is 0.115 e. The molecule has 0 atom stereocenters. The summed E-state index contributed by atoms with van der Waals surface area (Å²) in [5.74, 6) is 1.23. The van der Waals surface area contributed by atoms with Crippen LogP contribution < -0.4 is 4.90 Å². The van der Waals surface area contributed by atoms with Crippen molar-refractivity contribution in [2.75, 3.05) is 18.5 Å². The van der Waals surface area contributed by atoms with E-state index in [1.807, 2.05) is 6.08 Å². The fourth-order valence-electron chi connectivity index (χ4n) is 1.34. The number of rotatable bonds is 3. The smallest absolute Gasteiger partial charge is 0.115 e. The molecule has 0 unspecified atom stereocenters. The molecule has 0 saturated heterocycles. The molecule has 1 aromatic rings. The lowest BCUT2D eigenvalue weighted by atomic mass is 10.3. The first-order valence-electron chi connectivity index (χ1n) is 4.19. The van der Waals surface area contributed by atoms with Gasteiger partial charge in [0.05, 0.1) is 0 Å². The van der Waals surface area contributed by atoms with Crippen LogP contribution in [-0.4, -0.2) is 18.2 Å². The van der Waals surface area contributed by atoms with Crippen molar-refractivity contribution in [3.8, 4) is 0 Å². The van der Waals surface area contributed by atoms with Crippen molar-refractivity contribution in [1.29, 1.82) is 0 Å². The van der Waals surface area contributed by atoms with Gasteiger partial charge >= 0.3 is 0 Å². The molecule has 1 rings (SSSR count). The molecule has 0 fully saturated rings. The van der Waals surface area contributed by atoms with Gasteiger partial charge in [-0.2, -0.15) is 0 Å². The molecule has 0 radical (unpaired) electrons. The van der Waals surface area contributed by atoms with Crippen molar-refractivity contribution in [3.63, 3.8) is 0 Å². The normalized spacial score (nSPS) is 9.92. The first kappa shape index (κ1) is 8.91. The molecule has 0 saturated carbocycles. The maximum absolute atomic E-state index is 3.78. The number of anilines is 1. The lowest BCUT2D eigenvalue weighted by Gasteiger charge is -2.18. The molecule has 0 spiro atoms. The molecule has 2 nitrogen and oxygen atoms in total. The van der Waals surface area contributed by atoms with Gasteiger partial charge in [-0.25, -0.2) is 0 Å². The number of hydrogen-bond donors (Lipinski definition) is 0. The second-order valence-corrected chi connectivity index (χ2v) is 2.92. The van der Waals surface area contributed by atoms with Gasteiger partial charge in [-0.05, 0) is 13.0 Å². The molecule has 1 aromatic heterocycles. The third-order valence-electron chi connectivity index (χ3n) is 2.13. The minimum absolute atomic E-state index is 1.01. The Morgan fingerprint density at radius 2 is 2.33 bits per heavy atom. The molecular formula is C10H16N2. The van der Waals surface area contributed by atoms with Crippen LogP contribution in [0.4, 0.5) is 5.82 Å². The van der Waals surface area contributed by atoms with E-state index in [0.717, 1.165) is 6.54 Å². The quantitative estimate of drug-likeness (QED) is 0.664. The van der Waals surface area contributed by atoms with Crippen LogP contribution >= 0.6 is 0 Å². The Morgan fingerprint density at radius 1 is 1.67 bits per heavy atom. The molecule has 0 aliphatic heterocycles. The van der Waals surface area contributed by atoms with Crippen LogP contribution in [0.1, 0.15) is 12.5 Å². The Balaban J connectivity index is 3.09. The molecule has 0 aromatic carbocycles. The van der Waals surface area contributed by atoms with Crippen molar-refractivity contribution < 1.29 is 0 Å². The average molecular weight is 164 g/mol. The van der Waals surface area contributed by atoms with Crippen LogP contribution in [0, 0.1) is 0 Å². The molecule has 66 valence electrons. The van der Waals surface area contributed by atoms with Crippen LogP contribution in [0.15, 0.2) is 18.8 Å². The number of aromatic nitrogens is 1. The van der Waals surface area contributed by atoms with Crippen LogP contribution in [0.5, 0.6) is 0 Å². The molecule has 12 heavy (non-hydrogen) atoms.